The summed E-state index contributed by atoms with van der Waals surface area (Å²) >= 11 is 0. The van der Waals surface area contributed by atoms with E-state index >= 15 is 0 Å². The molecule has 0 saturated carbocycles. The van der Waals surface area contributed by atoms with Crippen LogP contribution in [0.2, 0.25) is 0 Å². The number of carboxylic acid groups (broad SMARTS) is 1. The maximum atomic E-state index is 10.8. The fourth-order valence-corrected chi connectivity index (χ4v) is 0.817. The number of hydrogen-bond acceptors (Lipinski definition) is 4. The Morgan fingerprint density at radius 2 is 2.00 bits per heavy atom. The minimum Gasteiger partial charge on any atom is -0.481 e. The Bertz CT molecular complexity index is 323. The molecule has 0 unspecified atom stereocenters. The highest BCUT2D eigenvalue weighted by molar-refractivity contribution is 5.90. The van der Waals surface area contributed by atoms with Gasteiger partial charge >= 0.3 is 11.9 Å². The SMILES string of the molecule is O=C(O)CC(=O)OCc1ccncc1. The molecule has 0 aliphatic rings. The van der Waals surface area contributed by atoms with Crippen LogP contribution >= 0.6 is 0 Å². The summed E-state index contributed by atoms with van der Waals surface area (Å²) in [5.74, 6) is -1.93. The number of hydrogen-bond donors (Lipinski definition) is 1. The molecule has 74 valence electrons. The number of carbonyl (C=O) groups is 2. The summed E-state index contributed by atoms with van der Waals surface area (Å²) in [5.41, 5.74) is 0.777. The number of carbonyl (C=O) groups excluding carboxylic acids is 1. The van der Waals surface area contributed by atoms with Crippen molar-refractivity contribution in [2.45, 2.75) is 13.0 Å². The highest BCUT2D eigenvalue weighted by Crippen LogP contribution is 1.99. The van der Waals surface area contributed by atoms with E-state index in [0.717, 1.165) is 5.56 Å². The van der Waals surface area contributed by atoms with E-state index in [1.165, 1.54) is 0 Å². The van der Waals surface area contributed by atoms with E-state index in [1.54, 1.807) is 24.5 Å². The number of nitrogens with zero attached hydrogens (tertiary/aromatic N) is 1. The largest absolute Gasteiger partial charge is 0.481 e. The predicted molar refractivity (Wildman–Crippen MR) is 46.3 cm³/mol. The molecule has 0 radical (unpaired) electrons. The first-order valence-corrected chi connectivity index (χ1v) is 3.95. The first kappa shape index (κ1) is 10.2. The van der Waals surface area contributed by atoms with Gasteiger partial charge < -0.3 is 9.84 Å². The topological polar surface area (TPSA) is 76.5 Å². The Morgan fingerprint density at radius 3 is 2.57 bits per heavy atom. The van der Waals surface area contributed by atoms with Crippen molar-refractivity contribution >= 4 is 11.9 Å². The van der Waals surface area contributed by atoms with Crippen molar-refractivity contribution in [3.05, 3.63) is 30.1 Å². The molecule has 1 aromatic rings. The Labute approximate surface area is 80.3 Å². The average molecular weight is 195 g/mol. The third-order valence-electron chi connectivity index (χ3n) is 1.44. The van der Waals surface area contributed by atoms with Crippen LogP contribution in [-0.4, -0.2) is 22.0 Å². The molecule has 1 heterocycles. The molecule has 1 aromatic heterocycles. The van der Waals surface area contributed by atoms with Gasteiger partial charge in [-0.15, -0.1) is 0 Å². The lowest BCUT2D eigenvalue weighted by molar-refractivity contribution is -0.152. The lowest BCUT2D eigenvalue weighted by atomic mass is 10.3. The Balaban J connectivity index is 2.34. The number of aliphatic carboxylic acids is 1. The minimum atomic E-state index is -1.19. The van der Waals surface area contributed by atoms with Crippen molar-refractivity contribution in [2.24, 2.45) is 0 Å². The van der Waals surface area contributed by atoms with Gasteiger partial charge in [0.25, 0.3) is 0 Å². The Morgan fingerprint density at radius 1 is 1.36 bits per heavy atom. The maximum Gasteiger partial charge on any atom is 0.317 e. The van der Waals surface area contributed by atoms with Crippen molar-refractivity contribution in [2.75, 3.05) is 0 Å². The van der Waals surface area contributed by atoms with Crippen LogP contribution in [0.15, 0.2) is 24.5 Å². The van der Waals surface area contributed by atoms with Crippen LogP contribution in [0.5, 0.6) is 0 Å². The molecular weight excluding hydrogens is 186 g/mol. The zero-order chi connectivity index (χ0) is 10.4. The van der Waals surface area contributed by atoms with Crippen molar-refractivity contribution in [1.82, 2.24) is 4.98 Å². The summed E-state index contributed by atoms with van der Waals surface area (Å²) in [4.78, 5) is 24.7. The van der Waals surface area contributed by atoms with Crippen LogP contribution in [0.25, 0.3) is 0 Å². The second-order valence-corrected chi connectivity index (χ2v) is 2.59. The molecular formula is C9H9NO4. The molecule has 0 fully saturated rings. The lowest BCUT2D eigenvalue weighted by Gasteiger charge is -2.02. The number of esters is 1. The molecule has 5 heteroatoms. The third-order valence-corrected chi connectivity index (χ3v) is 1.44. The maximum absolute atomic E-state index is 10.8. The smallest absolute Gasteiger partial charge is 0.317 e. The van der Waals surface area contributed by atoms with E-state index in [1.807, 2.05) is 0 Å². The second-order valence-electron chi connectivity index (χ2n) is 2.59. The standard InChI is InChI=1S/C9H9NO4/c11-8(12)5-9(13)14-6-7-1-3-10-4-2-7/h1-4H,5-6H2,(H,11,12). The van der Waals surface area contributed by atoms with Crippen LogP contribution in [0.4, 0.5) is 0 Å². The number of carboxylic acids is 1. The van der Waals surface area contributed by atoms with E-state index in [2.05, 4.69) is 4.98 Å². The molecule has 0 aliphatic carbocycles. The molecule has 1 N–H and O–H groups in total. The van der Waals surface area contributed by atoms with Gasteiger partial charge in [-0.25, -0.2) is 0 Å². The number of pyridine rings is 1. The van der Waals surface area contributed by atoms with Crippen LogP contribution in [-0.2, 0) is 20.9 Å². The quantitative estimate of drug-likeness (QED) is 0.562. The summed E-state index contributed by atoms with van der Waals surface area (Å²) in [6.45, 7) is 0.0780. The van der Waals surface area contributed by atoms with Gasteiger partial charge in [0.2, 0.25) is 0 Å². The molecule has 0 bridgehead atoms. The molecule has 0 spiro atoms. The first-order chi connectivity index (χ1) is 6.68. The van der Waals surface area contributed by atoms with Crippen molar-refractivity contribution in [3.8, 4) is 0 Å². The molecule has 1 rings (SSSR count). The van der Waals surface area contributed by atoms with Gasteiger partial charge in [-0.1, -0.05) is 0 Å². The minimum absolute atomic E-state index is 0.0780. The number of ether oxygens (including phenoxy) is 1. The van der Waals surface area contributed by atoms with Gasteiger partial charge in [-0.3, -0.25) is 14.6 Å². The van der Waals surface area contributed by atoms with Gasteiger partial charge in [0.15, 0.2) is 0 Å². The van der Waals surface area contributed by atoms with Crippen molar-refractivity contribution in [3.63, 3.8) is 0 Å². The highest BCUT2D eigenvalue weighted by atomic mass is 16.5. The first-order valence-electron chi connectivity index (χ1n) is 3.95. The van der Waals surface area contributed by atoms with Crippen molar-refractivity contribution < 1.29 is 19.4 Å². The number of rotatable bonds is 4. The molecule has 14 heavy (non-hydrogen) atoms. The normalized spacial score (nSPS) is 9.43. The summed E-state index contributed by atoms with van der Waals surface area (Å²) in [5, 5.41) is 8.27. The van der Waals surface area contributed by atoms with E-state index < -0.39 is 18.4 Å². The van der Waals surface area contributed by atoms with Gasteiger partial charge in [0, 0.05) is 12.4 Å². The van der Waals surface area contributed by atoms with Crippen LogP contribution in [0.1, 0.15) is 12.0 Å². The zero-order valence-corrected chi connectivity index (χ0v) is 7.34. The third kappa shape index (κ3) is 3.66. The second kappa shape index (κ2) is 4.96. The van der Waals surface area contributed by atoms with Gasteiger partial charge in [-0.2, -0.15) is 0 Å². The van der Waals surface area contributed by atoms with Gasteiger partial charge in [-0.05, 0) is 17.7 Å². The monoisotopic (exact) mass is 195 g/mol. The van der Waals surface area contributed by atoms with Crippen LogP contribution < -0.4 is 0 Å². The molecule has 0 saturated heterocycles. The molecule has 5 nitrogen and oxygen atoms in total. The van der Waals surface area contributed by atoms with Crippen molar-refractivity contribution in [1.29, 1.82) is 0 Å². The molecule has 0 atom stereocenters. The lowest BCUT2D eigenvalue weighted by Crippen LogP contribution is -2.10. The van der Waals surface area contributed by atoms with E-state index in [0.29, 0.717) is 0 Å². The van der Waals surface area contributed by atoms with E-state index in [9.17, 15) is 9.59 Å². The van der Waals surface area contributed by atoms with E-state index in [-0.39, 0.29) is 6.61 Å². The molecule has 0 aromatic carbocycles. The highest BCUT2D eigenvalue weighted by Gasteiger charge is 2.08. The summed E-state index contributed by atoms with van der Waals surface area (Å²) in [7, 11) is 0. The number of aromatic nitrogens is 1. The van der Waals surface area contributed by atoms with E-state index in [4.69, 9.17) is 9.84 Å². The Kier molecular flexibility index (Phi) is 3.60. The predicted octanol–water partition coefficient (Wildman–Crippen LogP) is 0.600. The zero-order valence-electron chi connectivity index (χ0n) is 7.34. The Hall–Kier alpha value is -1.91. The van der Waals surface area contributed by atoms with Crippen LogP contribution in [0, 0.1) is 0 Å². The fraction of sp³-hybridized carbons (Fsp3) is 0.222. The fourth-order valence-electron chi connectivity index (χ4n) is 0.817. The van der Waals surface area contributed by atoms with Crippen LogP contribution in [0.3, 0.4) is 0 Å². The summed E-state index contributed by atoms with van der Waals surface area (Å²) in [6.07, 6.45) is 2.53. The average Bonchev–Trinajstić information content (AvgIpc) is 2.15. The summed E-state index contributed by atoms with van der Waals surface area (Å²) < 4.78 is 4.69. The molecule has 0 amide bonds. The van der Waals surface area contributed by atoms with Gasteiger partial charge in [0.05, 0.1) is 0 Å². The summed E-state index contributed by atoms with van der Waals surface area (Å²) in [6, 6.07) is 3.38. The van der Waals surface area contributed by atoms with Gasteiger partial charge in [0.1, 0.15) is 13.0 Å². The molecule has 0 aliphatic heterocycles.